The van der Waals surface area contributed by atoms with Crippen molar-refractivity contribution in [3.05, 3.63) is 42.0 Å². The average Bonchev–Trinajstić information content (AvgIpc) is 2.91. The Kier molecular flexibility index (Phi) is 2.10. The van der Waals surface area contributed by atoms with Crippen LogP contribution in [0.3, 0.4) is 0 Å². The minimum absolute atomic E-state index is 0.156. The van der Waals surface area contributed by atoms with Gasteiger partial charge in [0.2, 0.25) is 5.78 Å². The van der Waals surface area contributed by atoms with Gasteiger partial charge in [-0.05, 0) is 25.7 Å². The second kappa shape index (κ2) is 3.48. The summed E-state index contributed by atoms with van der Waals surface area (Å²) in [5.41, 5.74) is 0.491. The van der Waals surface area contributed by atoms with E-state index in [1.54, 1.807) is 6.08 Å². The Hall–Kier alpha value is -1.57. The van der Waals surface area contributed by atoms with Crippen LogP contribution >= 0.6 is 0 Å². The highest BCUT2D eigenvalue weighted by molar-refractivity contribution is 6.05. The summed E-state index contributed by atoms with van der Waals surface area (Å²) < 4.78 is 5.92. The van der Waals surface area contributed by atoms with Gasteiger partial charge in [-0.1, -0.05) is 30.3 Å². The number of hydrogen-bond donors (Lipinski definition) is 0. The molecule has 16 heavy (non-hydrogen) atoms. The maximum Gasteiger partial charge on any atom is 0.202 e. The fraction of sp³-hybridized carbons (Fsp3) is 0.357. The SMILES string of the molecule is O=C1C=C(c2ccccc2)OC12CCCC2. The van der Waals surface area contributed by atoms with Gasteiger partial charge in [0, 0.05) is 11.6 Å². The van der Waals surface area contributed by atoms with Crippen molar-refractivity contribution in [2.75, 3.05) is 0 Å². The topological polar surface area (TPSA) is 26.3 Å². The van der Waals surface area contributed by atoms with Crippen LogP contribution in [0.25, 0.3) is 5.76 Å². The van der Waals surface area contributed by atoms with Crippen molar-refractivity contribution in [1.82, 2.24) is 0 Å². The van der Waals surface area contributed by atoms with Crippen molar-refractivity contribution in [2.45, 2.75) is 31.3 Å². The Labute approximate surface area is 94.9 Å². The van der Waals surface area contributed by atoms with E-state index in [1.165, 1.54) is 0 Å². The Morgan fingerprint density at radius 3 is 2.44 bits per heavy atom. The zero-order valence-corrected chi connectivity index (χ0v) is 9.11. The third-order valence-corrected chi connectivity index (χ3v) is 3.49. The molecule has 1 fully saturated rings. The second-order valence-corrected chi connectivity index (χ2v) is 4.54. The standard InChI is InChI=1S/C14H14O2/c15-13-10-12(11-6-2-1-3-7-11)16-14(13)8-4-5-9-14/h1-3,6-7,10H,4-5,8-9H2. The molecule has 1 saturated carbocycles. The summed E-state index contributed by atoms with van der Waals surface area (Å²) >= 11 is 0. The van der Waals surface area contributed by atoms with Crippen LogP contribution in [-0.4, -0.2) is 11.4 Å². The molecule has 0 bridgehead atoms. The lowest BCUT2D eigenvalue weighted by molar-refractivity contribution is -0.128. The first-order valence-electron chi connectivity index (χ1n) is 5.81. The molecule has 0 radical (unpaired) electrons. The summed E-state index contributed by atoms with van der Waals surface area (Å²) in [4.78, 5) is 12.0. The molecule has 1 aromatic rings. The largest absolute Gasteiger partial charge is 0.478 e. The second-order valence-electron chi connectivity index (χ2n) is 4.54. The van der Waals surface area contributed by atoms with E-state index in [9.17, 15) is 4.79 Å². The van der Waals surface area contributed by atoms with Crippen LogP contribution in [0, 0.1) is 0 Å². The lowest BCUT2D eigenvalue weighted by Gasteiger charge is -2.22. The van der Waals surface area contributed by atoms with Gasteiger partial charge in [-0.15, -0.1) is 0 Å². The predicted octanol–water partition coefficient (Wildman–Crippen LogP) is 2.94. The van der Waals surface area contributed by atoms with E-state index < -0.39 is 5.60 Å². The summed E-state index contributed by atoms with van der Waals surface area (Å²) in [6.07, 6.45) is 5.61. The van der Waals surface area contributed by atoms with Crippen LogP contribution in [0.1, 0.15) is 31.2 Å². The minimum Gasteiger partial charge on any atom is -0.478 e. The maximum absolute atomic E-state index is 12.0. The fourth-order valence-electron chi connectivity index (χ4n) is 2.58. The molecule has 82 valence electrons. The van der Waals surface area contributed by atoms with Crippen LogP contribution in [0.2, 0.25) is 0 Å². The van der Waals surface area contributed by atoms with E-state index in [2.05, 4.69) is 0 Å². The molecule has 3 rings (SSSR count). The van der Waals surface area contributed by atoms with Gasteiger partial charge in [0.05, 0.1) is 0 Å². The first-order valence-corrected chi connectivity index (χ1v) is 5.81. The molecule has 1 aliphatic heterocycles. The van der Waals surface area contributed by atoms with Gasteiger partial charge in [-0.3, -0.25) is 4.79 Å². The lowest BCUT2D eigenvalue weighted by atomic mass is 9.98. The molecule has 1 spiro atoms. The van der Waals surface area contributed by atoms with Gasteiger partial charge in [-0.2, -0.15) is 0 Å². The molecule has 1 heterocycles. The van der Waals surface area contributed by atoms with E-state index >= 15 is 0 Å². The molecule has 2 nitrogen and oxygen atoms in total. The summed E-state index contributed by atoms with van der Waals surface area (Å²) in [7, 11) is 0. The normalized spacial score (nSPS) is 22.2. The Morgan fingerprint density at radius 1 is 1.06 bits per heavy atom. The van der Waals surface area contributed by atoms with E-state index in [0.717, 1.165) is 37.0 Å². The monoisotopic (exact) mass is 214 g/mol. The average molecular weight is 214 g/mol. The molecule has 0 saturated heterocycles. The number of hydrogen-bond acceptors (Lipinski definition) is 2. The molecule has 2 heteroatoms. The molecular weight excluding hydrogens is 200 g/mol. The number of ketones is 1. The van der Waals surface area contributed by atoms with Crippen molar-refractivity contribution < 1.29 is 9.53 Å². The smallest absolute Gasteiger partial charge is 0.202 e. The van der Waals surface area contributed by atoms with Crippen molar-refractivity contribution in [1.29, 1.82) is 0 Å². The number of ether oxygens (including phenoxy) is 1. The van der Waals surface area contributed by atoms with Crippen LogP contribution in [0.15, 0.2) is 36.4 Å². The zero-order chi connectivity index (χ0) is 11.0. The third-order valence-electron chi connectivity index (χ3n) is 3.49. The van der Waals surface area contributed by atoms with Gasteiger partial charge in [0.25, 0.3) is 0 Å². The van der Waals surface area contributed by atoms with Gasteiger partial charge in [0.1, 0.15) is 5.76 Å². The Balaban J connectivity index is 1.91. The number of benzene rings is 1. The zero-order valence-electron chi connectivity index (χ0n) is 9.11. The summed E-state index contributed by atoms with van der Waals surface area (Å²) in [5.74, 6) is 0.899. The summed E-state index contributed by atoms with van der Waals surface area (Å²) in [6.45, 7) is 0. The van der Waals surface area contributed by atoms with Gasteiger partial charge < -0.3 is 4.74 Å². The van der Waals surface area contributed by atoms with E-state index in [-0.39, 0.29) is 5.78 Å². The first kappa shape index (κ1) is 9.64. The lowest BCUT2D eigenvalue weighted by Crippen LogP contribution is -2.32. The summed E-state index contributed by atoms with van der Waals surface area (Å²) in [5, 5.41) is 0. The van der Waals surface area contributed by atoms with Crippen LogP contribution in [0.4, 0.5) is 0 Å². The van der Waals surface area contributed by atoms with Crippen molar-refractivity contribution in [3.8, 4) is 0 Å². The first-order chi connectivity index (χ1) is 7.80. The molecule has 2 aliphatic rings. The van der Waals surface area contributed by atoms with Crippen molar-refractivity contribution in [2.24, 2.45) is 0 Å². The number of carbonyl (C=O) groups excluding carboxylic acids is 1. The van der Waals surface area contributed by atoms with Crippen molar-refractivity contribution >= 4 is 11.5 Å². The highest BCUT2D eigenvalue weighted by Gasteiger charge is 2.46. The fourth-order valence-corrected chi connectivity index (χ4v) is 2.58. The molecular formula is C14H14O2. The molecule has 0 aromatic heterocycles. The van der Waals surface area contributed by atoms with Crippen LogP contribution < -0.4 is 0 Å². The number of carbonyl (C=O) groups is 1. The molecule has 0 amide bonds. The molecule has 0 atom stereocenters. The minimum atomic E-state index is -0.509. The summed E-state index contributed by atoms with van der Waals surface area (Å²) in [6, 6.07) is 9.85. The highest BCUT2D eigenvalue weighted by atomic mass is 16.5. The maximum atomic E-state index is 12.0. The molecule has 1 aliphatic carbocycles. The molecule has 1 aromatic carbocycles. The van der Waals surface area contributed by atoms with Gasteiger partial charge in [0.15, 0.2) is 5.60 Å². The quantitative estimate of drug-likeness (QED) is 0.718. The Bertz CT molecular complexity index is 439. The Morgan fingerprint density at radius 2 is 1.75 bits per heavy atom. The van der Waals surface area contributed by atoms with Gasteiger partial charge in [-0.25, -0.2) is 0 Å². The van der Waals surface area contributed by atoms with Crippen LogP contribution in [0.5, 0.6) is 0 Å². The van der Waals surface area contributed by atoms with E-state index in [4.69, 9.17) is 4.74 Å². The van der Waals surface area contributed by atoms with Crippen LogP contribution in [-0.2, 0) is 9.53 Å². The highest BCUT2D eigenvalue weighted by Crippen LogP contribution is 2.42. The number of rotatable bonds is 1. The van der Waals surface area contributed by atoms with Crippen molar-refractivity contribution in [3.63, 3.8) is 0 Å². The predicted molar refractivity (Wildman–Crippen MR) is 61.7 cm³/mol. The van der Waals surface area contributed by atoms with E-state index in [1.807, 2.05) is 30.3 Å². The third kappa shape index (κ3) is 1.37. The van der Waals surface area contributed by atoms with E-state index in [0.29, 0.717) is 0 Å². The molecule has 0 unspecified atom stereocenters. The molecule has 0 N–H and O–H groups in total. The van der Waals surface area contributed by atoms with Gasteiger partial charge >= 0.3 is 0 Å².